The zero-order valence-electron chi connectivity index (χ0n) is 11.0. The minimum Gasteiger partial charge on any atom is -0.315 e. The van der Waals surface area contributed by atoms with Crippen LogP contribution in [0.3, 0.4) is 0 Å². The van der Waals surface area contributed by atoms with Crippen LogP contribution >= 0.6 is 0 Å². The van der Waals surface area contributed by atoms with Crippen molar-refractivity contribution in [2.75, 3.05) is 6.54 Å². The highest BCUT2D eigenvalue weighted by Crippen LogP contribution is 2.28. The fraction of sp³-hybridized carbons (Fsp3) is 0.571. The molecule has 1 saturated heterocycles. The van der Waals surface area contributed by atoms with E-state index in [0.717, 1.165) is 38.5 Å². The number of sulfonamides is 1. The average Bonchev–Trinajstić information content (AvgIpc) is 2.86. The van der Waals surface area contributed by atoms with E-state index < -0.39 is 10.0 Å². The lowest BCUT2D eigenvalue weighted by Gasteiger charge is -2.32. The minimum absolute atomic E-state index is 0.369. The summed E-state index contributed by atoms with van der Waals surface area (Å²) in [5.74, 6) is 0. The molecule has 2 N–H and O–H groups in total. The lowest BCUT2D eigenvalue weighted by molar-refractivity contribution is 0.258. The Hall–Kier alpha value is -0.910. The summed E-state index contributed by atoms with van der Waals surface area (Å²) >= 11 is 0. The van der Waals surface area contributed by atoms with E-state index in [1.165, 1.54) is 15.4 Å². The van der Waals surface area contributed by atoms with Crippen LogP contribution in [0.25, 0.3) is 0 Å². The standard InChI is InChI=1S/C14H20N2O2S/c15-14-6-1-2-9-16(14)19(17,18)13-8-7-11-4-3-5-12(11)10-13/h7-8,10,14H,1-6,9,15H2. The summed E-state index contributed by atoms with van der Waals surface area (Å²) in [4.78, 5) is 0.408. The van der Waals surface area contributed by atoms with Crippen molar-refractivity contribution in [1.29, 1.82) is 0 Å². The molecule has 0 spiro atoms. The van der Waals surface area contributed by atoms with Gasteiger partial charge in [-0.1, -0.05) is 6.07 Å². The fourth-order valence-corrected chi connectivity index (χ4v) is 4.71. The van der Waals surface area contributed by atoms with Crippen molar-refractivity contribution in [2.24, 2.45) is 5.73 Å². The molecular formula is C14H20N2O2S. The predicted molar refractivity (Wildman–Crippen MR) is 74.2 cm³/mol. The van der Waals surface area contributed by atoms with E-state index >= 15 is 0 Å². The van der Waals surface area contributed by atoms with Crippen LogP contribution < -0.4 is 5.73 Å². The summed E-state index contributed by atoms with van der Waals surface area (Å²) in [6, 6.07) is 5.55. The van der Waals surface area contributed by atoms with Crippen molar-refractivity contribution in [3.05, 3.63) is 29.3 Å². The van der Waals surface area contributed by atoms with Crippen LogP contribution in [0.2, 0.25) is 0 Å². The van der Waals surface area contributed by atoms with Gasteiger partial charge in [-0.3, -0.25) is 0 Å². The van der Waals surface area contributed by atoms with Gasteiger partial charge in [-0.15, -0.1) is 0 Å². The van der Waals surface area contributed by atoms with Crippen LogP contribution in [0, 0.1) is 0 Å². The molecule has 1 heterocycles. The Bertz CT molecular complexity index is 583. The summed E-state index contributed by atoms with van der Waals surface area (Å²) in [6.45, 7) is 0.542. The van der Waals surface area contributed by atoms with E-state index in [4.69, 9.17) is 5.73 Å². The molecule has 1 aromatic rings. The molecule has 104 valence electrons. The van der Waals surface area contributed by atoms with Crippen LogP contribution in [-0.4, -0.2) is 25.4 Å². The van der Waals surface area contributed by atoms with Crippen molar-refractivity contribution in [3.8, 4) is 0 Å². The predicted octanol–water partition coefficient (Wildman–Crippen LogP) is 1.63. The Morgan fingerprint density at radius 1 is 1.11 bits per heavy atom. The number of hydrogen-bond donors (Lipinski definition) is 1. The first-order chi connectivity index (χ1) is 9.09. The maximum atomic E-state index is 12.6. The van der Waals surface area contributed by atoms with Gasteiger partial charge in [-0.05, 0) is 61.8 Å². The Kier molecular flexibility index (Phi) is 3.37. The van der Waals surface area contributed by atoms with Crippen molar-refractivity contribution in [3.63, 3.8) is 0 Å². The second-order valence-electron chi connectivity index (χ2n) is 5.46. The largest absolute Gasteiger partial charge is 0.315 e. The first-order valence-corrected chi connectivity index (χ1v) is 8.42. The van der Waals surface area contributed by atoms with Crippen molar-refractivity contribution in [2.45, 2.75) is 49.6 Å². The molecule has 0 aromatic heterocycles. The SMILES string of the molecule is NC1CCCCN1S(=O)(=O)c1ccc2c(c1)CCC2. The lowest BCUT2D eigenvalue weighted by atomic mass is 10.1. The van der Waals surface area contributed by atoms with Crippen molar-refractivity contribution < 1.29 is 8.42 Å². The Morgan fingerprint density at radius 3 is 2.68 bits per heavy atom. The van der Waals surface area contributed by atoms with E-state index in [1.54, 1.807) is 6.07 Å². The van der Waals surface area contributed by atoms with Crippen molar-refractivity contribution in [1.82, 2.24) is 4.31 Å². The highest BCUT2D eigenvalue weighted by atomic mass is 32.2. The van der Waals surface area contributed by atoms with E-state index in [1.807, 2.05) is 12.1 Å². The third kappa shape index (κ3) is 2.30. The molecule has 4 nitrogen and oxygen atoms in total. The summed E-state index contributed by atoms with van der Waals surface area (Å²) in [5, 5.41) is 0. The van der Waals surface area contributed by atoms with Crippen LogP contribution in [0.1, 0.15) is 36.8 Å². The summed E-state index contributed by atoms with van der Waals surface area (Å²) in [6.07, 6.45) is 5.48. The highest BCUT2D eigenvalue weighted by Gasteiger charge is 2.31. The van der Waals surface area contributed by atoms with E-state index in [2.05, 4.69) is 0 Å². The van der Waals surface area contributed by atoms with Gasteiger partial charge >= 0.3 is 0 Å². The fourth-order valence-electron chi connectivity index (χ4n) is 3.07. The summed E-state index contributed by atoms with van der Waals surface area (Å²) in [5.41, 5.74) is 8.44. The molecule has 1 aliphatic heterocycles. The van der Waals surface area contributed by atoms with Gasteiger partial charge < -0.3 is 5.73 Å². The minimum atomic E-state index is -3.42. The van der Waals surface area contributed by atoms with Gasteiger partial charge in [0.05, 0.1) is 11.1 Å². The Balaban J connectivity index is 1.95. The van der Waals surface area contributed by atoms with Crippen LogP contribution in [-0.2, 0) is 22.9 Å². The van der Waals surface area contributed by atoms with Gasteiger partial charge in [0.1, 0.15) is 0 Å². The molecule has 1 aliphatic carbocycles. The maximum absolute atomic E-state index is 12.6. The summed E-state index contributed by atoms with van der Waals surface area (Å²) in [7, 11) is -3.42. The quantitative estimate of drug-likeness (QED) is 0.895. The second kappa shape index (κ2) is 4.89. The molecule has 0 amide bonds. The van der Waals surface area contributed by atoms with Crippen LogP contribution in [0.4, 0.5) is 0 Å². The third-order valence-corrected chi connectivity index (χ3v) is 6.10. The number of aryl methyl sites for hydroxylation is 2. The molecule has 1 aromatic carbocycles. The monoisotopic (exact) mass is 280 g/mol. The maximum Gasteiger partial charge on any atom is 0.244 e. The number of nitrogens with two attached hydrogens (primary N) is 1. The van der Waals surface area contributed by atoms with E-state index in [9.17, 15) is 8.42 Å². The Labute approximate surface area is 114 Å². The number of rotatable bonds is 2. The number of piperidine rings is 1. The first kappa shape index (κ1) is 13.1. The molecular weight excluding hydrogens is 260 g/mol. The third-order valence-electron chi connectivity index (χ3n) is 4.17. The summed E-state index contributed by atoms with van der Waals surface area (Å²) < 4.78 is 26.8. The Morgan fingerprint density at radius 2 is 1.89 bits per heavy atom. The number of nitrogens with zero attached hydrogens (tertiary/aromatic N) is 1. The van der Waals surface area contributed by atoms with Gasteiger partial charge in [0.2, 0.25) is 10.0 Å². The van der Waals surface area contributed by atoms with Crippen LogP contribution in [0.15, 0.2) is 23.1 Å². The van der Waals surface area contributed by atoms with Gasteiger partial charge in [-0.25, -0.2) is 8.42 Å². The molecule has 1 atom stereocenters. The average molecular weight is 280 g/mol. The first-order valence-electron chi connectivity index (χ1n) is 6.98. The molecule has 2 aliphatic rings. The zero-order chi connectivity index (χ0) is 13.5. The number of benzene rings is 1. The van der Waals surface area contributed by atoms with Gasteiger partial charge in [0.25, 0.3) is 0 Å². The zero-order valence-corrected chi connectivity index (χ0v) is 11.8. The normalized spacial score (nSPS) is 24.4. The molecule has 0 radical (unpaired) electrons. The molecule has 3 rings (SSSR count). The van der Waals surface area contributed by atoms with Crippen LogP contribution in [0.5, 0.6) is 0 Å². The molecule has 19 heavy (non-hydrogen) atoms. The van der Waals surface area contributed by atoms with Gasteiger partial charge in [0.15, 0.2) is 0 Å². The number of hydrogen-bond acceptors (Lipinski definition) is 3. The second-order valence-corrected chi connectivity index (χ2v) is 7.35. The molecule has 1 unspecified atom stereocenters. The highest BCUT2D eigenvalue weighted by molar-refractivity contribution is 7.89. The molecule has 0 saturated carbocycles. The molecule has 5 heteroatoms. The van der Waals surface area contributed by atoms with E-state index in [0.29, 0.717) is 11.4 Å². The lowest BCUT2D eigenvalue weighted by Crippen LogP contribution is -2.48. The van der Waals surface area contributed by atoms with Gasteiger partial charge in [0, 0.05) is 6.54 Å². The van der Waals surface area contributed by atoms with Crippen molar-refractivity contribution >= 4 is 10.0 Å². The molecule has 0 bridgehead atoms. The molecule has 1 fully saturated rings. The van der Waals surface area contributed by atoms with Gasteiger partial charge in [-0.2, -0.15) is 4.31 Å². The number of fused-ring (bicyclic) bond motifs is 1. The topological polar surface area (TPSA) is 63.4 Å². The smallest absolute Gasteiger partial charge is 0.244 e. The van der Waals surface area contributed by atoms with E-state index in [-0.39, 0.29) is 6.17 Å².